The third-order valence-electron chi connectivity index (χ3n) is 12.3. The minimum atomic E-state index is -0.685. The number of carbonyl (C=O) groups excluding carboxylic acids is 1. The molecule has 403 valence electrons. The van der Waals surface area contributed by atoms with Crippen LogP contribution in [0, 0.1) is 34.9 Å². The van der Waals surface area contributed by atoms with Gasteiger partial charge in [0.05, 0.1) is 39.0 Å². The topological polar surface area (TPSA) is 192 Å². The number of fused-ring (bicyclic) bond motifs is 7. The van der Waals surface area contributed by atoms with Gasteiger partial charge >= 0.3 is 24.8 Å². The van der Waals surface area contributed by atoms with Gasteiger partial charge in [-0.05, 0) is 123 Å². The van der Waals surface area contributed by atoms with Gasteiger partial charge in [-0.1, -0.05) is 12.2 Å². The summed E-state index contributed by atoms with van der Waals surface area (Å²) in [5, 5.41) is 26.3. The second-order valence-electron chi connectivity index (χ2n) is 19.4. The maximum absolute atomic E-state index is 14.9. The molecule has 0 unspecified atom stereocenters. The first kappa shape index (κ1) is 58.5. The third kappa shape index (κ3) is 13.4. The number of rotatable bonds is 7. The molecule has 3 aromatic carbocycles. The fraction of sp³-hybridized carbons (Fsp3) is 0.264. The number of halogens is 7. The number of thiocarbonyl (C=S) groups is 1. The van der Waals surface area contributed by atoms with Gasteiger partial charge in [-0.15, -0.1) is 20.4 Å². The van der Waals surface area contributed by atoms with Gasteiger partial charge in [0.1, 0.15) is 46.3 Å². The summed E-state index contributed by atoms with van der Waals surface area (Å²) >= 11 is 11.4. The van der Waals surface area contributed by atoms with Crippen molar-refractivity contribution in [2.75, 3.05) is 22.5 Å². The Morgan fingerprint density at radius 1 is 0.654 bits per heavy atom. The zero-order valence-electron chi connectivity index (χ0n) is 42.9. The van der Waals surface area contributed by atoms with Crippen LogP contribution < -0.4 is 21.7 Å². The standard InChI is InChI=1S/C17H14BrF2N5.C17H15F2N5.C11H11F2NS.C8H10N2O.BHNS/c1-17(2)16-24-23-12(7-9-3-5-21-6-4-9)25(16)15-11(22-17)8-10(19)13(18)14(15)20;1-17(2)16-23-22-14(7-10-3-5-20-6-4-10)24(16)15-12(19)8-11(18)9-13(15)21-17;1-11(2)10(15)5-7-8(13)3-6(12)4-9(7)14-11;9-6-8(11)5-7-1-3-10-4-2-7;1-2-3/h3-6,8,22H,7H2,1-2H3;3-6,8-9,21H,7H2,1-2H3;3-4,14H,5H2,1-2H3;1-4H,5-6,9H2;3H. The monoisotopic (exact) mass is 1170 g/mol. The Balaban J connectivity index is 0.000000155. The number of Topliss-reactive ketones (excluding diaryl/α,β-unsaturated/α-hetero) is 1. The number of carbonyl (C=O) groups is 1. The number of benzene rings is 3. The maximum atomic E-state index is 14.9. The molecular formula is C53H51BBrF6N14OS2. The average Bonchev–Trinajstić information content (AvgIpc) is 4.03. The molecule has 78 heavy (non-hydrogen) atoms. The number of anilines is 3. The summed E-state index contributed by atoms with van der Waals surface area (Å²) in [7, 11) is 4.34. The van der Waals surface area contributed by atoms with Crippen LogP contribution in [0.3, 0.4) is 0 Å². The van der Waals surface area contributed by atoms with Crippen LogP contribution in [0.1, 0.15) is 87.1 Å². The first-order valence-electron chi connectivity index (χ1n) is 23.8. The van der Waals surface area contributed by atoms with Crippen molar-refractivity contribution in [3.8, 4) is 11.4 Å². The molecule has 0 amide bonds. The van der Waals surface area contributed by atoms with Crippen molar-refractivity contribution in [2.45, 2.75) is 83.8 Å². The second kappa shape index (κ2) is 24.6. The van der Waals surface area contributed by atoms with E-state index in [-0.39, 0.29) is 33.7 Å². The molecule has 15 nitrogen and oxygen atoms in total. The Morgan fingerprint density at radius 3 is 1.56 bits per heavy atom. The number of nitrogens with two attached hydrogens (primary N) is 1. The fourth-order valence-electron chi connectivity index (χ4n) is 8.56. The molecule has 0 spiro atoms. The van der Waals surface area contributed by atoms with Crippen molar-refractivity contribution in [2.24, 2.45) is 10.0 Å². The molecule has 0 fully saturated rings. The van der Waals surface area contributed by atoms with E-state index in [9.17, 15) is 31.1 Å². The van der Waals surface area contributed by atoms with Crippen LogP contribution in [0.25, 0.3) is 11.4 Å². The van der Waals surface area contributed by atoms with E-state index in [1.54, 1.807) is 46.3 Å². The number of hydrogen-bond acceptors (Lipinski definition) is 15. The first-order chi connectivity index (χ1) is 37.0. The van der Waals surface area contributed by atoms with Gasteiger partial charge in [-0.25, -0.2) is 26.3 Å². The Hall–Kier alpha value is -7.22. The van der Waals surface area contributed by atoms with E-state index in [1.165, 1.54) is 18.2 Å². The van der Waals surface area contributed by atoms with E-state index in [4.69, 9.17) is 18.0 Å². The third-order valence-corrected chi connectivity index (χ3v) is 13.7. The molecule has 8 aromatic rings. The van der Waals surface area contributed by atoms with Crippen molar-refractivity contribution in [1.82, 2.24) is 44.5 Å². The van der Waals surface area contributed by atoms with Crippen LogP contribution in [0.5, 0.6) is 0 Å². The molecule has 5 N–H and O–H groups in total. The molecule has 25 heteroatoms. The van der Waals surface area contributed by atoms with Crippen LogP contribution in [-0.2, 0) is 41.6 Å². The molecule has 0 saturated heterocycles. The molecule has 3 aliphatic rings. The number of ketones is 1. The quantitative estimate of drug-likeness (QED) is 0.0333. The fourth-order valence-corrected chi connectivity index (χ4v) is 9.06. The van der Waals surface area contributed by atoms with Crippen molar-refractivity contribution in [1.29, 1.82) is 0 Å². The Labute approximate surface area is 466 Å². The zero-order chi connectivity index (χ0) is 56.7. The van der Waals surface area contributed by atoms with Crippen LogP contribution in [-0.4, -0.2) is 74.9 Å². The molecule has 0 bridgehead atoms. The molecule has 3 aliphatic heterocycles. The number of aromatic nitrogens is 9. The zero-order valence-corrected chi connectivity index (χ0v) is 46.2. The van der Waals surface area contributed by atoms with E-state index >= 15 is 0 Å². The van der Waals surface area contributed by atoms with Gasteiger partial charge in [-0.3, -0.25) is 28.9 Å². The molecule has 11 rings (SSSR count). The summed E-state index contributed by atoms with van der Waals surface area (Å²) < 4.78 is 89.2. The molecule has 0 saturated carbocycles. The van der Waals surface area contributed by atoms with E-state index in [1.807, 2.05) is 77.9 Å². The van der Waals surface area contributed by atoms with Gasteiger partial charge < -0.3 is 21.7 Å². The van der Waals surface area contributed by atoms with Gasteiger partial charge in [0.2, 0.25) is 0 Å². The van der Waals surface area contributed by atoms with Crippen LogP contribution in [0.15, 0.2) is 113 Å². The van der Waals surface area contributed by atoms with Crippen molar-refractivity contribution >= 4 is 76.3 Å². The van der Waals surface area contributed by atoms with Crippen molar-refractivity contribution in [3.63, 3.8) is 0 Å². The SMILES string of the molecule is CC1(C)Nc2cc(F)c(Br)c(F)c2-n2c(Cc3ccncc3)nnc21.CC1(C)Nc2cc(F)cc(F)c2-n2c(Cc3ccncc3)nnc21.CC1(C)Nc2cc(F)cc(F)c2CC1=S.NCC(=O)Cc1ccncc1.[B]=NS. The van der Waals surface area contributed by atoms with E-state index in [0.717, 1.165) is 33.7 Å². The summed E-state index contributed by atoms with van der Waals surface area (Å²) in [6.45, 7) is 11.5. The van der Waals surface area contributed by atoms with Crippen LogP contribution in [0.2, 0.25) is 0 Å². The van der Waals surface area contributed by atoms with Crippen LogP contribution in [0.4, 0.5) is 43.4 Å². The van der Waals surface area contributed by atoms with E-state index in [0.29, 0.717) is 71.6 Å². The van der Waals surface area contributed by atoms with E-state index in [2.05, 4.69) is 92.0 Å². The van der Waals surface area contributed by atoms with Crippen molar-refractivity contribution in [3.05, 3.63) is 189 Å². The first-order valence-corrected chi connectivity index (χ1v) is 25.4. The Morgan fingerprint density at radius 2 is 1.08 bits per heavy atom. The van der Waals surface area contributed by atoms with E-state index < -0.39 is 46.0 Å². The molecule has 0 atom stereocenters. The number of pyridine rings is 3. The normalized spacial score (nSPS) is 14.2. The average molecular weight is 1170 g/mol. The van der Waals surface area contributed by atoms with Crippen molar-refractivity contribution < 1.29 is 31.1 Å². The molecule has 5 aromatic heterocycles. The van der Waals surface area contributed by atoms with Gasteiger partial charge in [0.25, 0.3) is 0 Å². The predicted octanol–water partition coefficient (Wildman–Crippen LogP) is 10.6. The molecule has 1 radical (unpaired) electrons. The Kier molecular flexibility index (Phi) is 18.5. The number of hydrogen-bond donors (Lipinski definition) is 5. The molecular weight excluding hydrogens is 1120 g/mol. The van der Waals surface area contributed by atoms with Gasteiger partial charge in [-0.2, -0.15) is 0 Å². The predicted molar refractivity (Wildman–Crippen MR) is 297 cm³/mol. The summed E-state index contributed by atoms with van der Waals surface area (Å²) in [6, 6.07) is 16.7. The second-order valence-corrected chi connectivity index (χ2v) is 21.0. The van der Waals surface area contributed by atoms with Crippen LogP contribution >= 0.6 is 41.0 Å². The molecule has 8 heterocycles. The number of nitrogens with zero attached hydrogens (tertiary/aromatic N) is 10. The van der Waals surface area contributed by atoms with Gasteiger partial charge in [0.15, 0.2) is 29.1 Å². The minimum absolute atomic E-state index is 0.0520. The number of thiol groups is 1. The summed E-state index contributed by atoms with van der Waals surface area (Å²) in [5.74, 6) is -1.33. The molecule has 0 aliphatic carbocycles. The summed E-state index contributed by atoms with van der Waals surface area (Å²) in [4.78, 5) is 23.4. The Bertz CT molecular complexity index is 3480. The summed E-state index contributed by atoms with van der Waals surface area (Å²) in [6.07, 6.45) is 11.8. The number of nitrogens with one attached hydrogen (secondary N) is 3. The summed E-state index contributed by atoms with van der Waals surface area (Å²) in [5.41, 5.74) is 8.67. The van der Waals surface area contributed by atoms with Gasteiger partial charge in [0, 0.05) is 97.2 Å².